The minimum Gasteiger partial charge on any atom is -0.480 e. The van der Waals surface area contributed by atoms with Gasteiger partial charge in [0.25, 0.3) is 0 Å². The van der Waals surface area contributed by atoms with E-state index in [1.54, 1.807) is 6.92 Å². The first kappa shape index (κ1) is 15.4. The van der Waals surface area contributed by atoms with Gasteiger partial charge >= 0.3 is 5.97 Å². The Kier molecular flexibility index (Phi) is 5.60. The third-order valence-electron chi connectivity index (χ3n) is 3.37. The van der Waals surface area contributed by atoms with Crippen molar-refractivity contribution in [1.29, 1.82) is 0 Å². The monoisotopic (exact) mass is 256 g/mol. The predicted molar refractivity (Wildman–Crippen MR) is 73.8 cm³/mol. The molecule has 0 bridgehead atoms. The molecule has 1 unspecified atom stereocenters. The van der Waals surface area contributed by atoms with Gasteiger partial charge in [-0.15, -0.1) is 0 Å². The summed E-state index contributed by atoms with van der Waals surface area (Å²) in [7, 11) is 0. The number of nitrogens with zero attached hydrogens (tertiary/aromatic N) is 1. The zero-order chi connectivity index (χ0) is 13.8. The van der Waals surface area contributed by atoms with Crippen LogP contribution < -0.4 is 5.32 Å². The molecule has 1 aliphatic carbocycles. The van der Waals surface area contributed by atoms with Crippen LogP contribution in [0, 0.1) is 5.92 Å². The standard InChI is InChI=1S/C14H28N2O2/c1-5-8-16(9-12-6-7-12)10-14(4,13(17)18)15-11(2)3/h11-12,15H,5-10H2,1-4H3,(H,17,18). The summed E-state index contributed by atoms with van der Waals surface area (Å²) in [6, 6.07) is 0.176. The number of nitrogens with one attached hydrogen (secondary N) is 1. The summed E-state index contributed by atoms with van der Waals surface area (Å²) >= 11 is 0. The van der Waals surface area contributed by atoms with Crippen molar-refractivity contribution in [3.63, 3.8) is 0 Å². The van der Waals surface area contributed by atoms with E-state index in [1.807, 2.05) is 13.8 Å². The van der Waals surface area contributed by atoms with Crippen molar-refractivity contribution in [3.05, 3.63) is 0 Å². The van der Waals surface area contributed by atoms with Crippen molar-refractivity contribution in [3.8, 4) is 0 Å². The smallest absolute Gasteiger partial charge is 0.324 e. The largest absolute Gasteiger partial charge is 0.480 e. The van der Waals surface area contributed by atoms with Crippen molar-refractivity contribution in [2.75, 3.05) is 19.6 Å². The molecule has 0 amide bonds. The molecule has 1 saturated carbocycles. The van der Waals surface area contributed by atoms with E-state index in [1.165, 1.54) is 12.8 Å². The molecule has 106 valence electrons. The molecule has 4 heteroatoms. The number of rotatable bonds is 9. The SMILES string of the molecule is CCCN(CC1CC1)CC(C)(NC(C)C)C(=O)O. The Morgan fingerprint density at radius 3 is 2.50 bits per heavy atom. The van der Waals surface area contributed by atoms with E-state index in [-0.39, 0.29) is 6.04 Å². The number of aliphatic carboxylic acids is 1. The molecule has 1 atom stereocenters. The van der Waals surface area contributed by atoms with E-state index in [9.17, 15) is 9.90 Å². The number of hydrogen-bond acceptors (Lipinski definition) is 3. The van der Waals surface area contributed by atoms with Gasteiger partial charge in [0.15, 0.2) is 0 Å². The molecule has 0 aromatic carbocycles. The van der Waals surface area contributed by atoms with E-state index in [4.69, 9.17) is 0 Å². The van der Waals surface area contributed by atoms with Crippen molar-refractivity contribution < 1.29 is 9.90 Å². The molecule has 0 radical (unpaired) electrons. The van der Waals surface area contributed by atoms with Crippen LogP contribution >= 0.6 is 0 Å². The van der Waals surface area contributed by atoms with Crippen LogP contribution in [0.15, 0.2) is 0 Å². The molecule has 18 heavy (non-hydrogen) atoms. The number of hydrogen-bond donors (Lipinski definition) is 2. The Bertz CT molecular complexity index is 277. The lowest BCUT2D eigenvalue weighted by molar-refractivity contribution is -0.145. The van der Waals surface area contributed by atoms with Crippen molar-refractivity contribution in [2.24, 2.45) is 5.92 Å². The van der Waals surface area contributed by atoms with Gasteiger partial charge in [-0.2, -0.15) is 0 Å². The summed E-state index contributed by atoms with van der Waals surface area (Å²) in [4.78, 5) is 13.8. The highest BCUT2D eigenvalue weighted by Crippen LogP contribution is 2.30. The summed E-state index contributed by atoms with van der Waals surface area (Å²) in [5.41, 5.74) is -0.849. The summed E-state index contributed by atoms with van der Waals surface area (Å²) in [5.74, 6) is 0.0433. The van der Waals surface area contributed by atoms with E-state index < -0.39 is 11.5 Å². The zero-order valence-electron chi connectivity index (χ0n) is 12.2. The molecular formula is C14H28N2O2. The van der Waals surface area contributed by atoms with E-state index in [2.05, 4.69) is 17.1 Å². The number of carbonyl (C=O) groups is 1. The van der Waals surface area contributed by atoms with Crippen LogP contribution in [0.5, 0.6) is 0 Å². The van der Waals surface area contributed by atoms with Gasteiger partial charge in [-0.3, -0.25) is 10.1 Å². The molecule has 0 spiro atoms. The molecule has 1 aliphatic rings. The van der Waals surface area contributed by atoms with Crippen molar-refractivity contribution in [1.82, 2.24) is 10.2 Å². The Balaban J connectivity index is 2.62. The van der Waals surface area contributed by atoms with Crippen LogP contribution in [-0.4, -0.2) is 47.2 Å². The highest BCUT2D eigenvalue weighted by Gasteiger charge is 2.36. The van der Waals surface area contributed by atoms with Crippen LogP contribution in [0.2, 0.25) is 0 Å². The van der Waals surface area contributed by atoms with E-state index >= 15 is 0 Å². The minimum atomic E-state index is -0.849. The van der Waals surface area contributed by atoms with Crippen LogP contribution in [-0.2, 0) is 4.79 Å². The quantitative estimate of drug-likeness (QED) is 0.662. The molecule has 0 aromatic rings. The minimum absolute atomic E-state index is 0.176. The lowest BCUT2D eigenvalue weighted by atomic mass is 10.00. The third kappa shape index (κ3) is 4.94. The second kappa shape index (κ2) is 6.53. The Labute approximate surface area is 111 Å². The molecule has 0 aromatic heterocycles. The first-order chi connectivity index (χ1) is 8.37. The van der Waals surface area contributed by atoms with Crippen LogP contribution in [0.25, 0.3) is 0 Å². The highest BCUT2D eigenvalue weighted by molar-refractivity contribution is 5.78. The van der Waals surface area contributed by atoms with Gasteiger partial charge < -0.3 is 10.0 Å². The van der Waals surface area contributed by atoms with Gasteiger partial charge in [-0.25, -0.2) is 0 Å². The number of carboxylic acid groups (broad SMARTS) is 1. The molecule has 1 rings (SSSR count). The van der Waals surface area contributed by atoms with Crippen molar-refractivity contribution >= 4 is 5.97 Å². The first-order valence-corrected chi connectivity index (χ1v) is 7.11. The second-order valence-corrected chi connectivity index (χ2v) is 6.11. The fourth-order valence-electron chi connectivity index (χ4n) is 2.48. The normalized spacial score (nSPS) is 19.2. The third-order valence-corrected chi connectivity index (χ3v) is 3.37. The lowest BCUT2D eigenvalue weighted by Gasteiger charge is -2.34. The first-order valence-electron chi connectivity index (χ1n) is 7.11. The second-order valence-electron chi connectivity index (χ2n) is 6.11. The Hall–Kier alpha value is -0.610. The van der Waals surface area contributed by atoms with Gasteiger partial charge in [-0.05, 0) is 52.5 Å². The Morgan fingerprint density at radius 1 is 1.50 bits per heavy atom. The molecule has 4 nitrogen and oxygen atoms in total. The van der Waals surface area contributed by atoms with Gasteiger partial charge in [0.2, 0.25) is 0 Å². The predicted octanol–water partition coefficient (Wildman–Crippen LogP) is 1.95. The summed E-state index contributed by atoms with van der Waals surface area (Å²) in [6.07, 6.45) is 3.69. The molecule has 0 heterocycles. The number of carboxylic acids is 1. The maximum Gasteiger partial charge on any atom is 0.324 e. The molecule has 1 fully saturated rings. The van der Waals surface area contributed by atoms with Crippen molar-refractivity contribution in [2.45, 2.75) is 58.5 Å². The fourth-order valence-corrected chi connectivity index (χ4v) is 2.48. The average Bonchev–Trinajstić information content (AvgIpc) is 3.00. The molecule has 0 saturated heterocycles. The topological polar surface area (TPSA) is 52.6 Å². The highest BCUT2D eigenvalue weighted by atomic mass is 16.4. The molecule has 0 aliphatic heterocycles. The van der Waals surface area contributed by atoms with Crippen LogP contribution in [0.4, 0.5) is 0 Å². The average molecular weight is 256 g/mol. The maximum atomic E-state index is 11.5. The van der Waals surface area contributed by atoms with E-state index in [0.29, 0.717) is 6.54 Å². The molecular weight excluding hydrogens is 228 g/mol. The fraction of sp³-hybridized carbons (Fsp3) is 0.929. The Morgan fingerprint density at radius 2 is 2.11 bits per heavy atom. The van der Waals surface area contributed by atoms with Gasteiger partial charge in [0, 0.05) is 19.1 Å². The lowest BCUT2D eigenvalue weighted by Crippen LogP contribution is -2.59. The summed E-state index contributed by atoms with van der Waals surface area (Å²) in [5, 5.41) is 12.7. The summed E-state index contributed by atoms with van der Waals surface area (Å²) < 4.78 is 0. The zero-order valence-corrected chi connectivity index (χ0v) is 12.2. The van der Waals surface area contributed by atoms with Gasteiger partial charge in [-0.1, -0.05) is 6.92 Å². The van der Waals surface area contributed by atoms with E-state index in [0.717, 1.165) is 25.4 Å². The molecule has 2 N–H and O–H groups in total. The summed E-state index contributed by atoms with van der Waals surface area (Å²) in [6.45, 7) is 10.6. The maximum absolute atomic E-state index is 11.5. The van der Waals surface area contributed by atoms with Gasteiger partial charge in [0.05, 0.1) is 0 Å². The van der Waals surface area contributed by atoms with Gasteiger partial charge in [0.1, 0.15) is 5.54 Å². The van der Waals surface area contributed by atoms with Crippen LogP contribution in [0.1, 0.15) is 47.0 Å². The van der Waals surface area contributed by atoms with Crippen LogP contribution in [0.3, 0.4) is 0 Å².